The van der Waals surface area contributed by atoms with Gasteiger partial charge in [0, 0.05) is 3.57 Å². The van der Waals surface area contributed by atoms with E-state index >= 15 is 0 Å². The number of hydrogen-bond acceptors (Lipinski definition) is 4. The summed E-state index contributed by atoms with van der Waals surface area (Å²) < 4.78 is 6.40. The Morgan fingerprint density at radius 2 is 1.92 bits per heavy atom. The van der Waals surface area contributed by atoms with E-state index in [-0.39, 0.29) is 11.9 Å². The van der Waals surface area contributed by atoms with E-state index in [0.717, 1.165) is 9.13 Å². The van der Waals surface area contributed by atoms with Gasteiger partial charge in [-0.2, -0.15) is 0 Å². The molecular weight excluding hydrogens is 417 g/mol. The van der Waals surface area contributed by atoms with Gasteiger partial charge in [0.25, 0.3) is 5.91 Å². The predicted molar refractivity (Wildman–Crippen MR) is 100 cm³/mol. The Hall–Kier alpha value is -2.22. The summed E-state index contributed by atoms with van der Waals surface area (Å²) in [6.07, 6.45) is 0.535. The number of rotatable bonds is 4. The van der Waals surface area contributed by atoms with E-state index in [4.69, 9.17) is 4.42 Å². The Morgan fingerprint density at radius 1 is 1.12 bits per heavy atom. The Labute approximate surface area is 153 Å². The van der Waals surface area contributed by atoms with Crippen LogP contribution in [0.1, 0.15) is 32.9 Å². The minimum atomic E-state index is -0.263. The number of halogens is 1. The van der Waals surface area contributed by atoms with Gasteiger partial charge in [0.1, 0.15) is 0 Å². The molecule has 6 heteroatoms. The highest BCUT2D eigenvalue weighted by Gasteiger charge is 2.14. The minimum Gasteiger partial charge on any atom is -0.407 e. The van der Waals surface area contributed by atoms with Crippen LogP contribution in [0.5, 0.6) is 0 Å². The fourth-order valence-corrected chi connectivity index (χ4v) is 2.91. The molecule has 1 amide bonds. The van der Waals surface area contributed by atoms with Crippen molar-refractivity contribution < 1.29 is 9.21 Å². The zero-order valence-corrected chi connectivity index (χ0v) is 15.5. The SMILES string of the molecule is Cc1ccc(Cc2nnc(NC(=O)c3ccccc3I)o2)cc1C. The Morgan fingerprint density at radius 3 is 2.67 bits per heavy atom. The number of aromatic nitrogens is 2. The van der Waals surface area contributed by atoms with Crippen molar-refractivity contribution in [1.82, 2.24) is 10.2 Å². The molecule has 0 fully saturated rings. The van der Waals surface area contributed by atoms with Crippen LogP contribution in [-0.4, -0.2) is 16.1 Å². The molecule has 3 aromatic rings. The van der Waals surface area contributed by atoms with Gasteiger partial charge in [-0.15, -0.1) is 5.10 Å². The molecule has 0 aliphatic heterocycles. The molecule has 2 aromatic carbocycles. The zero-order valence-electron chi connectivity index (χ0n) is 13.3. The first kappa shape index (κ1) is 16.6. The first-order valence-electron chi connectivity index (χ1n) is 7.47. The number of anilines is 1. The molecule has 3 rings (SSSR count). The molecule has 5 nitrogen and oxygen atoms in total. The van der Waals surface area contributed by atoms with E-state index in [2.05, 4.69) is 64.1 Å². The number of amides is 1. The Kier molecular flexibility index (Phi) is 4.94. The molecule has 1 aromatic heterocycles. The van der Waals surface area contributed by atoms with Crippen LogP contribution in [0.2, 0.25) is 0 Å². The predicted octanol–water partition coefficient (Wildman–Crippen LogP) is 4.13. The molecule has 0 saturated heterocycles. The van der Waals surface area contributed by atoms with E-state index < -0.39 is 0 Å². The highest BCUT2D eigenvalue weighted by atomic mass is 127. The van der Waals surface area contributed by atoms with E-state index in [1.165, 1.54) is 11.1 Å². The van der Waals surface area contributed by atoms with Crippen LogP contribution < -0.4 is 5.32 Å². The highest BCUT2D eigenvalue weighted by molar-refractivity contribution is 14.1. The summed E-state index contributed by atoms with van der Waals surface area (Å²) in [5, 5.41) is 10.5. The van der Waals surface area contributed by atoms with Gasteiger partial charge >= 0.3 is 6.01 Å². The summed E-state index contributed by atoms with van der Waals surface area (Å²) in [7, 11) is 0. The molecule has 1 heterocycles. The van der Waals surface area contributed by atoms with Crippen LogP contribution in [0.3, 0.4) is 0 Å². The van der Waals surface area contributed by atoms with Crippen LogP contribution in [0.25, 0.3) is 0 Å². The van der Waals surface area contributed by atoms with Gasteiger partial charge in [0.2, 0.25) is 5.89 Å². The number of benzene rings is 2. The lowest BCUT2D eigenvalue weighted by molar-refractivity contribution is 0.102. The molecule has 0 saturated carbocycles. The Bertz CT molecular complexity index is 889. The first-order chi connectivity index (χ1) is 11.5. The lowest BCUT2D eigenvalue weighted by atomic mass is 10.0. The fraction of sp³-hybridized carbons (Fsp3) is 0.167. The third-order valence-electron chi connectivity index (χ3n) is 3.73. The average molecular weight is 433 g/mol. The zero-order chi connectivity index (χ0) is 17.1. The van der Waals surface area contributed by atoms with Crippen molar-refractivity contribution in [2.75, 3.05) is 5.32 Å². The van der Waals surface area contributed by atoms with Crippen LogP contribution in [0.4, 0.5) is 6.01 Å². The maximum absolute atomic E-state index is 12.2. The second kappa shape index (κ2) is 7.12. The van der Waals surface area contributed by atoms with Gasteiger partial charge in [0.15, 0.2) is 0 Å². The molecule has 1 N–H and O–H groups in total. The minimum absolute atomic E-state index is 0.110. The highest BCUT2D eigenvalue weighted by Crippen LogP contribution is 2.17. The molecule has 0 aliphatic rings. The summed E-state index contributed by atoms with van der Waals surface area (Å²) in [4.78, 5) is 12.2. The molecule has 0 unspecified atom stereocenters. The number of nitrogens with one attached hydrogen (secondary N) is 1. The van der Waals surface area contributed by atoms with Crippen LogP contribution >= 0.6 is 22.6 Å². The van der Waals surface area contributed by atoms with Crippen molar-refractivity contribution in [3.8, 4) is 0 Å². The lowest BCUT2D eigenvalue weighted by Crippen LogP contribution is -2.13. The number of hydrogen-bond donors (Lipinski definition) is 1. The summed E-state index contributed by atoms with van der Waals surface area (Å²) in [5.41, 5.74) is 4.14. The van der Waals surface area contributed by atoms with Gasteiger partial charge < -0.3 is 4.42 Å². The second-order valence-electron chi connectivity index (χ2n) is 5.53. The molecular formula is C18H16IN3O2. The van der Waals surface area contributed by atoms with Crippen molar-refractivity contribution in [1.29, 1.82) is 0 Å². The van der Waals surface area contributed by atoms with Gasteiger partial charge in [0.05, 0.1) is 12.0 Å². The maximum atomic E-state index is 12.2. The standard InChI is InChI=1S/C18H16IN3O2/c1-11-7-8-13(9-12(11)2)10-16-21-22-18(24-16)20-17(23)14-5-3-4-6-15(14)19/h3-9H,10H2,1-2H3,(H,20,22,23). The van der Waals surface area contributed by atoms with Crippen LogP contribution in [0.15, 0.2) is 46.9 Å². The van der Waals surface area contributed by atoms with Gasteiger partial charge in [-0.3, -0.25) is 10.1 Å². The number of carbonyl (C=O) groups excluding carboxylic acids is 1. The molecule has 0 atom stereocenters. The first-order valence-corrected chi connectivity index (χ1v) is 8.55. The molecule has 0 aliphatic carbocycles. The molecule has 0 radical (unpaired) electrons. The fourth-order valence-electron chi connectivity index (χ4n) is 2.27. The number of carbonyl (C=O) groups is 1. The van der Waals surface area contributed by atoms with Crippen molar-refractivity contribution in [2.45, 2.75) is 20.3 Å². The van der Waals surface area contributed by atoms with Crippen molar-refractivity contribution in [3.05, 3.63) is 74.2 Å². The molecule has 0 bridgehead atoms. The molecule has 24 heavy (non-hydrogen) atoms. The van der Waals surface area contributed by atoms with E-state index in [0.29, 0.717) is 17.9 Å². The van der Waals surface area contributed by atoms with Gasteiger partial charge in [-0.05, 0) is 65.3 Å². The van der Waals surface area contributed by atoms with Gasteiger partial charge in [-0.1, -0.05) is 35.4 Å². The normalized spacial score (nSPS) is 10.6. The topological polar surface area (TPSA) is 68.0 Å². The van der Waals surface area contributed by atoms with Crippen molar-refractivity contribution in [2.24, 2.45) is 0 Å². The number of nitrogens with zero attached hydrogens (tertiary/aromatic N) is 2. The summed E-state index contributed by atoms with van der Waals surface area (Å²) in [5.74, 6) is 0.206. The summed E-state index contributed by atoms with van der Waals surface area (Å²) in [6, 6.07) is 13.6. The second-order valence-corrected chi connectivity index (χ2v) is 6.69. The van der Waals surface area contributed by atoms with E-state index in [9.17, 15) is 4.79 Å². The summed E-state index contributed by atoms with van der Waals surface area (Å²) in [6.45, 7) is 4.14. The maximum Gasteiger partial charge on any atom is 0.322 e. The molecule has 0 spiro atoms. The lowest BCUT2D eigenvalue weighted by Gasteiger charge is -2.03. The van der Waals surface area contributed by atoms with Gasteiger partial charge in [-0.25, -0.2) is 0 Å². The largest absolute Gasteiger partial charge is 0.407 e. The average Bonchev–Trinajstić information content (AvgIpc) is 2.98. The van der Waals surface area contributed by atoms with Crippen LogP contribution in [0, 0.1) is 17.4 Å². The third-order valence-corrected chi connectivity index (χ3v) is 4.67. The third kappa shape index (κ3) is 3.81. The van der Waals surface area contributed by atoms with E-state index in [1.54, 1.807) is 6.07 Å². The van der Waals surface area contributed by atoms with Crippen LogP contribution in [-0.2, 0) is 6.42 Å². The smallest absolute Gasteiger partial charge is 0.322 e. The van der Waals surface area contributed by atoms with Crippen molar-refractivity contribution >= 4 is 34.5 Å². The monoisotopic (exact) mass is 433 g/mol. The Balaban J connectivity index is 1.70. The number of aryl methyl sites for hydroxylation is 2. The summed E-state index contributed by atoms with van der Waals surface area (Å²) >= 11 is 2.12. The molecule has 122 valence electrons. The van der Waals surface area contributed by atoms with E-state index in [1.807, 2.05) is 24.3 Å². The van der Waals surface area contributed by atoms with Crippen molar-refractivity contribution in [3.63, 3.8) is 0 Å². The quantitative estimate of drug-likeness (QED) is 0.629.